The fraction of sp³-hybridized carbons (Fsp3) is 0.103. The van der Waals surface area contributed by atoms with Gasteiger partial charge in [-0.2, -0.15) is 0 Å². The van der Waals surface area contributed by atoms with Crippen molar-refractivity contribution in [1.29, 1.82) is 0 Å². The summed E-state index contributed by atoms with van der Waals surface area (Å²) in [5, 5.41) is 5.78. The van der Waals surface area contributed by atoms with E-state index in [9.17, 15) is 9.59 Å². The number of ether oxygens (including phenoxy) is 4. The fourth-order valence-electron chi connectivity index (χ4n) is 3.50. The monoisotopic (exact) mass is 548 g/mol. The molecular formula is C29H25ClN2O7. The van der Waals surface area contributed by atoms with Crippen LogP contribution in [0.5, 0.6) is 28.7 Å². The van der Waals surface area contributed by atoms with Gasteiger partial charge in [-0.3, -0.25) is 9.59 Å². The molecule has 200 valence electrons. The zero-order chi connectivity index (χ0) is 27.8. The predicted octanol–water partition coefficient (Wildman–Crippen LogP) is 6.16. The number of amides is 2. The normalized spacial score (nSPS) is 10.9. The van der Waals surface area contributed by atoms with E-state index in [-0.39, 0.29) is 16.9 Å². The van der Waals surface area contributed by atoms with Gasteiger partial charge >= 0.3 is 0 Å². The van der Waals surface area contributed by atoms with Gasteiger partial charge in [-0.05, 0) is 72.8 Å². The van der Waals surface area contributed by atoms with E-state index >= 15 is 0 Å². The molecule has 0 saturated carbocycles. The summed E-state index contributed by atoms with van der Waals surface area (Å²) in [6.07, 6.45) is 2.86. The molecule has 2 N–H and O–H groups in total. The molecule has 0 aliphatic carbocycles. The number of nitrogens with one attached hydrogen (secondary N) is 2. The molecule has 0 saturated heterocycles. The van der Waals surface area contributed by atoms with Crippen molar-refractivity contribution in [2.75, 3.05) is 26.6 Å². The Morgan fingerprint density at radius 1 is 0.821 bits per heavy atom. The Bertz CT molecular complexity index is 1480. The van der Waals surface area contributed by atoms with Gasteiger partial charge in [0.1, 0.15) is 23.0 Å². The van der Waals surface area contributed by atoms with Crippen LogP contribution in [0.15, 0.2) is 89.2 Å². The summed E-state index contributed by atoms with van der Waals surface area (Å²) in [6.45, 7) is 0. The van der Waals surface area contributed by atoms with Crippen LogP contribution in [0.4, 0.5) is 5.69 Å². The molecule has 9 nitrogen and oxygen atoms in total. The second-order valence-electron chi connectivity index (χ2n) is 7.97. The van der Waals surface area contributed by atoms with Crippen LogP contribution in [0.1, 0.15) is 16.1 Å². The zero-order valence-corrected chi connectivity index (χ0v) is 22.1. The fourth-order valence-corrected chi connectivity index (χ4v) is 3.67. The van der Waals surface area contributed by atoms with Gasteiger partial charge in [0.2, 0.25) is 0 Å². The third-order valence-corrected chi connectivity index (χ3v) is 5.68. The van der Waals surface area contributed by atoms with E-state index in [0.29, 0.717) is 39.5 Å². The van der Waals surface area contributed by atoms with Crippen molar-refractivity contribution in [2.45, 2.75) is 0 Å². The highest BCUT2D eigenvalue weighted by atomic mass is 35.5. The minimum Gasteiger partial charge on any atom is -0.497 e. The van der Waals surface area contributed by atoms with Crippen LogP contribution in [0.25, 0.3) is 6.08 Å². The first kappa shape index (κ1) is 27.2. The van der Waals surface area contributed by atoms with E-state index in [1.165, 1.54) is 32.6 Å². The SMILES string of the molecule is COc1ccc(Oc2ccc(Cl)cc2NC(=O)/C(=C/c2ccco2)NC(=O)c2ccc(OC)c(OC)c2)cc1. The van der Waals surface area contributed by atoms with Crippen molar-refractivity contribution in [1.82, 2.24) is 5.32 Å². The maximum absolute atomic E-state index is 13.4. The van der Waals surface area contributed by atoms with Gasteiger partial charge in [0.25, 0.3) is 11.8 Å². The number of furan rings is 1. The molecule has 2 amide bonds. The molecule has 1 heterocycles. The largest absolute Gasteiger partial charge is 0.497 e. The number of carbonyl (C=O) groups excluding carboxylic acids is 2. The van der Waals surface area contributed by atoms with E-state index < -0.39 is 11.8 Å². The van der Waals surface area contributed by atoms with Crippen molar-refractivity contribution in [3.63, 3.8) is 0 Å². The lowest BCUT2D eigenvalue weighted by atomic mass is 10.1. The summed E-state index contributed by atoms with van der Waals surface area (Å²) >= 11 is 6.21. The lowest BCUT2D eigenvalue weighted by Gasteiger charge is -2.15. The van der Waals surface area contributed by atoms with Crippen molar-refractivity contribution in [3.8, 4) is 28.7 Å². The molecule has 0 aliphatic heterocycles. The maximum Gasteiger partial charge on any atom is 0.272 e. The first-order valence-corrected chi connectivity index (χ1v) is 12.0. The number of hydrogen-bond donors (Lipinski definition) is 2. The van der Waals surface area contributed by atoms with Crippen LogP contribution >= 0.6 is 11.6 Å². The molecule has 1 aromatic heterocycles. The number of methoxy groups -OCH3 is 3. The Balaban J connectivity index is 1.60. The number of hydrogen-bond acceptors (Lipinski definition) is 7. The highest BCUT2D eigenvalue weighted by Crippen LogP contribution is 2.33. The zero-order valence-electron chi connectivity index (χ0n) is 21.3. The van der Waals surface area contributed by atoms with Gasteiger partial charge in [0.15, 0.2) is 17.2 Å². The van der Waals surface area contributed by atoms with Gasteiger partial charge < -0.3 is 34.0 Å². The highest BCUT2D eigenvalue weighted by Gasteiger charge is 2.19. The molecular weight excluding hydrogens is 524 g/mol. The molecule has 3 aromatic carbocycles. The summed E-state index contributed by atoms with van der Waals surface area (Å²) in [4.78, 5) is 26.5. The number of anilines is 1. The molecule has 0 aliphatic rings. The quantitative estimate of drug-likeness (QED) is 0.228. The molecule has 0 unspecified atom stereocenters. The van der Waals surface area contributed by atoms with Crippen molar-refractivity contribution in [3.05, 3.63) is 101 Å². The van der Waals surface area contributed by atoms with Gasteiger partial charge in [0.05, 0.1) is 33.3 Å². The van der Waals surface area contributed by atoms with E-state index in [1.807, 2.05) is 0 Å². The summed E-state index contributed by atoms with van der Waals surface area (Å²) in [5.74, 6) is 1.52. The van der Waals surface area contributed by atoms with E-state index in [4.69, 9.17) is 35.0 Å². The van der Waals surface area contributed by atoms with E-state index in [1.54, 1.807) is 73.8 Å². The molecule has 0 spiro atoms. The van der Waals surface area contributed by atoms with Gasteiger partial charge in [-0.25, -0.2) is 0 Å². The minimum atomic E-state index is -0.637. The van der Waals surface area contributed by atoms with E-state index in [2.05, 4.69) is 10.6 Å². The Labute approximate surface area is 229 Å². The molecule has 0 bridgehead atoms. The number of benzene rings is 3. The first-order valence-electron chi connectivity index (χ1n) is 11.6. The molecule has 0 atom stereocenters. The third-order valence-electron chi connectivity index (χ3n) is 5.45. The second kappa shape index (κ2) is 12.6. The van der Waals surface area contributed by atoms with Crippen molar-refractivity contribution >= 4 is 35.2 Å². The Morgan fingerprint density at radius 2 is 1.54 bits per heavy atom. The van der Waals surface area contributed by atoms with Crippen LogP contribution in [0, 0.1) is 0 Å². The van der Waals surface area contributed by atoms with Crippen LogP contribution in [0.3, 0.4) is 0 Å². The van der Waals surface area contributed by atoms with Crippen molar-refractivity contribution in [2.24, 2.45) is 0 Å². The number of rotatable bonds is 10. The molecule has 10 heteroatoms. The van der Waals surface area contributed by atoms with Crippen LogP contribution in [0.2, 0.25) is 5.02 Å². The van der Waals surface area contributed by atoms with E-state index in [0.717, 1.165) is 0 Å². The highest BCUT2D eigenvalue weighted by molar-refractivity contribution is 6.31. The lowest BCUT2D eigenvalue weighted by Crippen LogP contribution is -2.30. The number of halogens is 1. The standard InChI is InChI=1S/C29H25ClN2O7/c1-35-20-8-10-21(11-9-20)39-25-13-7-19(30)16-23(25)31-29(34)24(17-22-5-4-14-38-22)32-28(33)18-6-12-26(36-2)27(15-18)37-3/h4-17H,1-3H3,(H,31,34)(H,32,33)/b24-17-. The van der Waals surface area contributed by atoms with Crippen LogP contribution in [-0.2, 0) is 4.79 Å². The Kier molecular flexibility index (Phi) is 8.75. The molecule has 0 fully saturated rings. The van der Waals surface area contributed by atoms with Crippen LogP contribution in [-0.4, -0.2) is 33.1 Å². The average Bonchev–Trinajstić information content (AvgIpc) is 3.47. The first-order chi connectivity index (χ1) is 18.9. The molecule has 0 radical (unpaired) electrons. The summed E-state index contributed by atoms with van der Waals surface area (Å²) in [6, 6.07) is 19.7. The summed E-state index contributed by atoms with van der Waals surface area (Å²) in [5.41, 5.74) is 0.450. The molecule has 4 rings (SSSR count). The van der Waals surface area contributed by atoms with Gasteiger partial charge in [-0.1, -0.05) is 11.6 Å². The van der Waals surface area contributed by atoms with Crippen molar-refractivity contribution < 1.29 is 33.0 Å². The minimum absolute atomic E-state index is 0.0832. The molecule has 39 heavy (non-hydrogen) atoms. The lowest BCUT2D eigenvalue weighted by molar-refractivity contribution is -0.113. The smallest absolute Gasteiger partial charge is 0.272 e. The second-order valence-corrected chi connectivity index (χ2v) is 8.41. The Morgan fingerprint density at radius 3 is 2.21 bits per heavy atom. The molecule has 4 aromatic rings. The van der Waals surface area contributed by atoms with Crippen LogP contribution < -0.4 is 29.6 Å². The summed E-state index contributed by atoms with van der Waals surface area (Å²) < 4.78 is 27.0. The average molecular weight is 549 g/mol. The predicted molar refractivity (Wildman–Crippen MR) is 147 cm³/mol. The van der Waals surface area contributed by atoms with Gasteiger partial charge in [0, 0.05) is 16.7 Å². The topological polar surface area (TPSA) is 108 Å². The third kappa shape index (κ3) is 6.91. The Hall–Kier alpha value is -4.89. The number of carbonyl (C=O) groups is 2. The summed E-state index contributed by atoms with van der Waals surface area (Å²) in [7, 11) is 4.53. The maximum atomic E-state index is 13.4. The van der Waals surface area contributed by atoms with Gasteiger partial charge in [-0.15, -0.1) is 0 Å².